The van der Waals surface area contributed by atoms with E-state index in [2.05, 4.69) is 166 Å². The van der Waals surface area contributed by atoms with Gasteiger partial charge in [0.05, 0.1) is 27.9 Å². The molecule has 46 heavy (non-hydrogen) atoms. The Labute approximate surface area is 270 Å². The van der Waals surface area contributed by atoms with E-state index >= 15 is 0 Å². The highest BCUT2D eigenvalue weighted by atomic mass is 16.7. The van der Waals surface area contributed by atoms with Crippen LogP contribution >= 0.6 is 0 Å². The molecule has 0 unspecified atom stereocenters. The van der Waals surface area contributed by atoms with Gasteiger partial charge >= 0.3 is 7.12 Å². The van der Waals surface area contributed by atoms with Crippen LogP contribution in [0.2, 0.25) is 0 Å². The van der Waals surface area contributed by atoms with Crippen LogP contribution in [0.3, 0.4) is 0 Å². The standard InChI is InChI=1S/C41H35BN2O2/c1-40(2)41(3,4)46-42(45-40)33-21-23-38-35(27-33)34-24-31(28-14-8-5-9-15-28)20-22-37(34)44(38)39-26-32(29-16-10-6-11-17-29)25-36(43-39)30-18-12-7-13-19-30/h5-27H,1-4H3. The molecule has 0 aliphatic carbocycles. The highest BCUT2D eigenvalue weighted by Gasteiger charge is 2.51. The normalized spacial score (nSPS) is 15.5. The minimum atomic E-state index is -0.450. The molecule has 2 aromatic heterocycles. The van der Waals surface area contributed by atoms with E-state index in [4.69, 9.17) is 14.3 Å². The average Bonchev–Trinajstić information content (AvgIpc) is 3.53. The Morgan fingerprint density at radius 3 is 1.63 bits per heavy atom. The van der Waals surface area contributed by atoms with Crippen molar-refractivity contribution < 1.29 is 9.31 Å². The largest absolute Gasteiger partial charge is 0.494 e. The van der Waals surface area contributed by atoms with Gasteiger partial charge in [0.2, 0.25) is 0 Å². The fourth-order valence-electron chi connectivity index (χ4n) is 6.41. The lowest BCUT2D eigenvalue weighted by atomic mass is 9.78. The van der Waals surface area contributed by atoms with Gasteiger partial charge in [0, 0.05) is 16.3 Å². The summed E-state index contributed by atoms with van der Waals surface area (Å²) in [6.07, 6.45) is 0. The molecule has 7 aromatic rings. The van der Waals surface area contributed by atoms with E-state index < -0.39 is 18.3 Å². The Hall–Kier alpha value is -4.97. The van der Waals surface area contributed by atoms with Crippen molar-refractivity contribution in [2.45, 2.75) is 38.9 Å². The molecule has 5 aromatic carbocycles. The van der Waals surface area contributed by atoms with E-state index in [1.54, 1.807) is 0 Å². The molecular weight excluding hydrogens is 563 g/mol. The van der Waals surface area contributed by atoms with Gasteiger partial charge in [-0.05, 0) is 85.7 Å². The molecule has 8 rings (SSSR count). The lowest BCUT2D eigenvalue weighted by Gasteiger charge is -2.32. The Balaban J connectivity index is 1.38. The Morgan fingerprint density at radius 2 is 1.02 bits per heavy atom. The van der Waals surface area contributed by atoms with Crippen LogP contribution in [0.15, 0.2) is 140 Å². The predicted octanol–water partition coefficient (Wildman–Crippen LogP) is 9.48. The minimum absolute atomic E-state index is 0.420. The fraction of sp³-hybridized carbons (Fsp3) is 0.146. The first kappa shape index (κ1) is 28.5. The smallest absolute Gasteiger partial charge is 0.399 e. The molecule has 1 fully saturated rings. The highest BCUT2D eigenvalue weighted by molar-refractivity contribution is 6.62. The van der Waals surface area contributed by atoms with Gasteiger partial charge in [-0.3, -0.25) is 4.57 Å². The van der Waals surface area contributed by atoms with Crippen molar-refractivity contribution in [2.75, 3.05) is 0 Å². The molecule has 1 aliphatic rings. The van der Waals surface area contributed by atoms with Crippen LogP contribution in [-0.2, 0) is 9.31 Å². The van der Waals surface area contributed by atoms with Crippen LogP contribution < -0.4 is 5.46 Å². The first-order valence-electron chi connectivity index (χ1n) is 15.9. The third-order valence-electron chi connectivity index (χ3n) is 9.64. The third kappa shape index (κ3) is 4.84. The predicted molar refractivity (Wildman–Crippen MR) is 191 cm³/mol. The summed E-state index contributed by atoms with van der Waals surface area (Å²) in [4.78, 5) is 5.30. The zero-order valence-corrected chi connectivity index (χ0v) is 26.6. The number of benzene rings is 5. The molecule has 0 spiro atoms. The van der Waals surface area contributed by atoms with E-state index in [9.17, 15) is 0 Å². The average molecular weight is 599 g/mol. The van der Waals surface area contributed by atoms with Gasteiger partial charge < -0.3 is 9.31 Å². The van der Waals surface area contributed by atoms with Gasteiger partial charge in [0.25, 0.3) is 0 Å². The van der Waals surface area contributed by atoms with Crippen LogP contribution in [0.4, 0.5) is 0 Å². The summed E-state index contributed by atoms with van der Waals surface area (Å²) >= 11 is 0. The van der Waals surface area contributed by atoms with Crippen LogP contribution in [0.25, 0.3) is 61.1 Å². The molecule has 0 amide bonds. The van der Waals surface area contributed by atoms with Crippen LogP contribution in [0.5, 0.6) is 0 Å². The highest BCUT2D eigenvalue weighted by Crippen LogP contribution is 2.39. The van der Waals surface area contributed by atoms with Gasteiger partial charge in [0.15, 0.2) is 0 Å². The summed E-state index contributed by atoms with van der Waals surface area (Å²) in [5.74, 6) is 0.871. The van der Waals surface area contributed by atoms with Crippen molar-refractivity contribution in [2.24, 2.45) is 0 Å². The molecule has 4 nitrogen and oxygen atoms in total. The second-order valence-corrected chi connectivity index (χ2v) is 13.1. The van der Waals surface area contributed by atoms with Crippen LogP contribution in [0.1, 0.15) is 27.7 Å². The van der Waals surface area contributed by atoms with Gasteiger partial charge in [-0.15, -0.1) is 0 Å². The summed E-state index contributed by atoms with van der Waals surface area (Å²) < 4.78 is 15.3. The molecule has 0 radical (unpaired) electrons. The van der Waals surface area contributed by atoms with Gasteiger partial charge in [-0.2, -0.15) is 0 Å². The van der Waals surface area contributed by atoms with Gasteiger partial charge in [-0.25, -0.2) is 4.98 Å². The molecule has 0 bridgehead atoms. The second kappa shape index (κ2) is 10.8. The number of nitrogens with zero attached hydrogens (tertiary/aromatic N) is 2. The summed E-state index contributed by atoms with van der Waals surface area (Å²) in [5.41, 5.74) is 8.98. The SMILES string of the molecule is CC1(C)OB(c2ccc3c(c2)c2cc(-c4ccccc4)ccc2n3-c2cc(-c3ccccc3)cc(-c3ccccc3)n2)OC1(C)C. The maximum absolute atomic E-state index is 6.48. The molecule has 5 heteroatoms. The number of pyridine rings is 1. The Bertz CT molecular complexity index is 2130. The zero-order valence-electron chi connectivity index (χ0n) is 26.6. The van der Waals surface area contributed by atoms with Crippen molar-refractivity contribution in [3.63, 3.8) is 0 Å². The van der Waals surface area contributed by atoms with E-state index in [0.717, 1.165) is 55.5 Å². The first-order valence-corrected chi connectivity index (χ1v) is 15.9. The number of rotatable bonds is 5. The third-order valence-corrected chi connectivity index (χ3v) is 9.64. The minimum Gasteiger partial charge on any atom is -0.399 e. The van der Waals surface area contributed by atoms with Gasteiger partial charge in [0.1, 0.15) is 5.82 Å². The number of hydrogen-bond acceptors (Lipinski definition) is 3. The van der Waals surface area contributed by atoms with Crippen LogP contribution in [-0.4, -0.2) is 27.9 Å². The summed E-state index contributed by atoms with van der Waals surface area (Å²) in [7, 11) is -0.450. The topological polar surface area (TPSA) is 36.3 Å². The van der Waals surface area contributed by atoms with Crippen molar-refractivity contribution in [1.29, 1.82) is 0 Å². The molecule has 1 saturated heterocycles. The first-order chi connectivity index (χ1) is 22.3. The van der Waals surface area contributed by atoms with Crippen molar-refractivity contribution in [3.8, 4) is 39.3 Å². The molecule has 0 N–H and O–H groups in total. The van der Waals surface area contributed by atoms with Crippen molar-refractivity contribution in [1.82, 2.24) is 9.55 Å². The van der Waals surface area contributed by atoms with Crippen molar-refractivity contribution >= 4 is 34.4 Å². The number of fused-ring (bicyclic) bond motifs is 3. The molecular formula is C41H35BN2O2. The van der Waals surface area contributed by atoms with E-state index in [1.807, 2.05) is 6.07 Å². The molecule has 1 aliphatic heterocycles. The van der Waals surface area contributed by atoms with Gasteiger partial charge in [-0.1, -0.05) is 109 Å². The van der Waals surface area contributed by atoms with E-state index in [-0.39, 0.29) is 0 Å². The molecule has 224 valence electrons. The molecule has 0 saturated carbocycles. The van der Waals surface area contributed by atoms with Crippen LogP contribution in [0, 0.1) is 0 Å². The number of aromatic nitrogens is 2. The molecule has 0 atom stereocenters. The van der Waals surface area contributed by atoms with E-state index in [1.165, 1.54) is 11.1 Å². The summed E-state index contributed by atoms with van der Waals surface area (Å²) in [5, 5.41) is 2.29. The number of hydrogen-bond donors (Lipinski definition) is 0. The Kier molecular flexibility index (Phi) is 6.71. The van der Waals surface area contributed by atoms with E-state index in [0.29, 0.717) is 0 Å². The zero-order chi connectivity index (χ0) is 31.5. The lowest BCUT2D eigenvalue weighted by molar-refractivity contribution is 0.00578. The fourth-order valence-corrected chi connectivity index (χ4v) is 6.41. The maximum Gasteiger partial charge on any atom is 0.494 e. The lowest BCUT2D eigenvalue weighted by Crippen LogP contribution is -2.41. The monoisotopic (exact) mass is 598 g/mol. The Morgan fingerprint density at radius 1 is 0.500 bits per heavy atom. The second-order valence-electron chi connectivity index (χ2n) is 13.1. The maximum atomic E-state index is 6.48. The molecule has 3 heterocycles. The summed E-state index contributed by atoms with van der Waals surface area (Å²) in [6, 6.07) is 49.2. The van der Waals surface area contributed by atoms with Crippen molar-refractivity contribution in [3.05, 3.63) is 140 Å². The quantitative estimate of drug-likeness (QED) is 0.185. The summed E-state index contributed by atoms with van der Waals surface area (Å²) in [6.45, 7) is 8.39.